The van der Waals surface area contributed by atoms with Crippen molar-refractivity contribution in [1.29, 1.82) is 0 Å². The average Bonchev–Trinajstić information content (AvgIpc) is 2.28. The molecule has 0 saturated carbocycles. The van der Waals surface area contributed by atoms with Crippen molar-refractivity contribution in [2.45, 2.75) is 19.9 Å². The molecule has 1 rings (SSSR count). The molecule has 1 aromatic rings. The summed E-state index contributed by atoms with van der Waals surface area (Å²) < 4.78 is 30.4. The normalized spacial score (nSPS) is 10.7. The second kappa shape index (κ2) is 6.02. The van der Waals surface area contributed by atoms with E-state index in [2.05, 4.69) is 20.9 Å². The first-order valence-corrected chi connectivity index (χ1v) is 5.64. The van der Waals surface area contributed by atoms with Crippen molar-refractivity contribution < 1.29 is 18.3 Å². The number of carbonyl (C=O) groups is 1. The maximum Gasteiger partial charge on any atom is 0.339 e. The number of hydrogen-bond acceptors (Lipinski definition) is 4. The highest BCUT2D eigenvalue weighted by atomic mass is 79.9. The Labute approximate surface area is 105 Å². The summed E-state index contributed by atoms with van der Waals surface area (Å²) in [6, 6.07) is 0. The molecule has 0 fully saturated rings. The molecule has 1 aromatic heterocycles. The summed E-state index contributed by atoms with van der Waals surface area (Å²) in [5, 5.41) is 0. The van der Waals surface area contributed by atoms with Crippen molar-refractivity contribution in [1.82, 2.24) is 4.98 Å². The number of aromatic nitrogens is 1. The molecule has 0 aliphatic rings. The molecule has 0 atom stereocenters. The van der Waals surface area contributed by atoms with Gasteiger partial charge < -0.3 is 10.5 Å². The van der Waals surface area contributed by atoms with E-state index in [1.165, 1.54) is 6.20 Å². The van der Waals surface area contributed by atoms with Gasteiger partial charge >= 0.3 is 5.97 Å². The minimum Gasteiger partial charge on any atom is -0.462 e. The zero-order chi connectivity index (χ0) is 13.0. The summed E-state index contributed by atoms with van der Waals surface area (Å²) in [6.45, 7) is 1.64. The van der Waals surface area contributed by atoms with E-state index in [-0.39, 0.29) is 28.9 Å². The van der Waals surface area contributed by atoms with Crippen LogP contribution in [0.5, 0.6) is 0 Å². The molecule has 0 aliphatic heterocycles. The molecule has 94 valence electrons. The standard InChI is InChI=1S/C10H11BrF2N2O2/c1-2-17-10(16)6-5(3-14)4-15-8(11)7(6)9(12)13/h4,9H,2-3,14H2,1H3. The highest BCUT2D eigenvalue weighted by molar-refractivity contribution is 9.10. The number of carbonyl (C=O) groups excluding carboxylic acids is 1. The van der Waals surface area contributed by atoms with Crippen LogP contribution in [-0.4, -0.2) is 17.6 Å². The van der Waals surface area contributed by atoms with Gasteiger partial charge in [0, 0.05) is 12.7 Å². The van der Waals surface area contributed by atoms with E-state index in [4.69, 9.17) is 10.5 Å². The molecule has 17 heavy (non-hydrogen) atoms. The molecule has 4 nitrogen and oxygen atoms in total. The van der Waals surface area contributed by atoms with Gasteiger partial charge in [-0.2, -0.15) is 0 Å². The lowest BCUT2D eigenvalue weighted by atomic mass is 10.0. The largest absolute Gasteiger partial charge is 0.462 e. The fourth-order valence-electron chi connectivity index (χ4n) is 1.34. The smallest absolute Gasteiger partial charge is 0.339 e. The van der Waals surface area contributed by atoms with Gasteiger partial charge in [0.1, 0.15) is 4.60 Å². The quantitative estimate of drug-likeness (QED) is 0.685. The Morgan fingerprint density at radius 2 is 2.29 bits per heavy atom. The summed E-state index contributed by atoms with van der Waals surface area (Å²) >= 11 is 2.89. The van der Waals surface area contributed by atoms with Crippen molar-refractivity contribution in [3.05, 3.63) is 27.5 Å². The Kier molecular flexibility index (Phi) is 4.95. The van der Waals surface area contributed by atoms with Crippen LogP contribution in [0, 0.1) is 0 Å². The Hall–Kier alpha value is -1.08. The highest BCUT2D eigenvalue weighted by Crippen LogP contribution is 2.31. The van der Waals surface area contributed by atoms with Crippen LogP contribution in [0.1, 0.15) is 34.8 Å². The molecular weight excluding hydrogens is 298 g/mol. The Morgan fingerprint density at radius 1 is 1.65 bits per heavy atom. The van der Waals surface area contributed by atoms with Gasteiger partial charge in [-0.05, 0) is 28.4 Å². The number of pyridine rings is 1. The van der Waals surface area contributed by atoms with Crippen molar-refractivity contribution >= 4 is 21.9 Å². The van der Waals surface area contributed by atoms with Crippen LogP contribution in [0.15, 0.2) is 10.8 Å². The lowest BCUT2D eigenvalue weighted by Crippen LogP contribution is -2.15. The molecule has 2 N–H and O–H groups in total. The van der Waals surface area contributed by atoms with Gasteiger partial charge in [-0.25, -0.2) is 18.6 Å². The van der Waals surface area contributed by atoms with Crippen molar-refractivity contribution in [2.24, 2.45) is 5.73 Å². The van der Waals surface area contributed by atoms with Crippen LogP contribution in [0.2, 0.25) is 0 Å². The van der Waals surface area contributed by atoms with Crippen LogP contribution >= 0.6 is 15.9 Å². The molecule has 0 aliphatic carbocycles. The first-order chi connectivity index (χ1) is 8.02. The number of esters is 1. The Morgan fingerprint density at radius 3 is 2.76 bits per heavy atom. The lowest BCUT2D eigenvalue weighted by molar-refractivity contribution is 0.0513. The van der Waals surface area contributed by atoms with E-state index in [0.717, 1.165) is 0 Å². The summed E-state index contributed by atoms with van der Waals surface area (Å²) in [7, 11) is 0. The zero-order valence-corrected chi connectivity index (χ0v) is 10.6. The van der Waals surface area contributed by atoms with Gasteiger partial charge in [0.25, 0.3) is 6.43 Å². The van der Waals surface area contributed by atoms with E-state index in [1.54, 1.807) is 6.92 Å². The highest BCUT2D eigenvalue weighted by Gasteiger charge is 2.26. The van der Waals surface area contributed by atoms with Gasteiger partial charge in [0.05, 0.1) is 17.7 Å². The van der Waals surface area contributed by atoms with E-state index in [9.17, 15) is 13.6 Å². The van der Waals surface area contributed by atoms with E-state index < -0.39 is 18.0 Å². The maximum absolute atomic E-state index is 12.9. The van der Waals surface area contributed by atoms with Crippen molar-refractivity contribution in [2.75, 3.05) is 6.61 Å². The molecule has 1 heterocycles. The van der Waals surface area contributed by atoms with E-state index in [0.29, 0.717) is 0 Å². The molecular formula is C10H11BrF2N2O2. The van der Waals surface area contributed by atoms with Crippen molar-refractivity contribution in [3.63, 3.8) is 0 Å². The third kappa shape index (κ3) is 2.98. The molecule has 0 unspecified atom stereocenters. The predicted octanol–water partition coefficient (Wildman–Crippen LogP) is 2.42. The zero-order valence-electron chi connectivity index (χ0n) is 9.04. The van der Waals surface area contributed by atoms with E-state index >= 15 is 0 Å². The third-order valence-electron chi connectivity index (χ3n) is 2.06. The second-order valence-corrected chi connectivity index (χ2v) is 3.84. The monoisotopic (exact) mass is 308 g/mol. The first kappa shape index (κ1) is 14.0. The lowest BCUT2D eigenvalue weighted by Gasteiger charge is -2.13. The number of ether oxygens (including phenoxy) is 1. The Bertz CT molecular complexity index is 427. The number of nitrogens with two attached hydrogens (primary N) is 1. The van der Waals surface area contributed by atoms with Crippen LogP contribution in [0.4, 0.5) is 8.78 Å². The van der Waals surface area contributed by atoms with Crippen LogP contribution in [0.25, 0.3) is 0 Å². The number of nitrogens with zero attached hydrogens (tertiary/aromatic N) is 1. The fourth-order valence-corrected chi connectivity index (χ4v) is 1.82. The van der Waals surface area contributed by atoms with Crippen LogP contribution in [0.3, 0.4) is 0 Å². The van der Waals surface area contributed by atoms with Gasteiger partial charge in [0.2, 0.25) is 0 Å². The predicted molar refractivity (Wildman–Crippen MR) is 60.7 cm³/mol. The number of rotatable bonds is 4. The summed E-state index contributed by atoms with van der Waals surface area (Å²) in [6.07, 6.45) is -1.55. The summed E-state index contributed by atoms with van der Waals surface area (Å²) in [5.41, 5.74) is 4.95. The topological polar surface area (TPSA) is 65.2 Å². The van der Waals surface area contributed by atoms with E-state index in [1.807, 2.05) is 0 Å². The van der Waals surface area contributed by atoms with Gasteiger partial charge in [-0.3, -0.25) is 0 Å². The minimum atomic E-state index is -2.83. The number of hydrogen-bond donors (Lipinski definition) is 1. The van der Waals surface area contributed by atoms with Gasteiger partial charge in [0.15, 0.2) is 0 Å². The van der Waals surface area contributed by atoms with Gasteiger partial charge in [-0.15, -0.1) is 0 Å². The maximum atomic E-state index is 12.9. The molecule has 0 aromatic carbocycles. The molecule has 0 amide bonds. The molecule has 0 spiro atoms. The molecule has 0 bridgehead atoms. The SMILES string of the molecule is CCOC(=O)c1c(CN)cnc(Br)c1C(F)F. The van der Waals surface area contributed by atoms with Gasteiger partial charge in [-0.1, -0.05) is 0 Å². The average molecular weight is 309 g/mol. The minimum absolute atomic E-state index is 0.0614. The molecule has 0 saturated heterocycles. The van der Waals surface area contributed by atoms with Crippen molar-refractivity contribution in [3.8, 4) is 0 Å². The summed E-state index contributed by atoms with van der Waals surface area (Å²) in [5.74, 6) is -0.814. The fraction of sp³-hybridized carbons (Fsp3) is 0.400. The Balaban J connectivity index is 3.40. The third-order valence-corrected chi connectivity index (χ3v) is 2.70. The number of alkyl halides is 2. The summed E-state index contributed by atoms with van der Waals surface area (Å²) in [4.78, 5) is 15.4. The second-order valence-electron chi connectivity index (χ2n) is 3.09. The number of halogens is 3. The molecule has 7 heteroatoms. The van der Waals surface area contributed by atoms with Crippen LogP contribution < -0.4 is 5.73 Å². The van der Waals surface area contributed by atoms with Crippen LogP contribution in [-0.2, 0) is 11.3 Å². The molecule has 0 radical (unpaired) electrons. The first-order valence-electron chi connectivity index (χ1n) is 4.85.